The minimum atomic E-state index is -3.48. The minimum absolute atomic E-state index is 0.136. The Balaban J connectivity index is 1.74. The van der Waals surface area contributed by atoms with Gasteiger partial charge in [0.2, 0.25) is 10.0 Å². The van der Waals surface area contributed by atoms with E-state index < -0.39 is 10.0 Å². The normalized spacial score (nSPS) is 12.2. The van der Waals surface area contributed by atoms with Crippen LogP contribution in [0.5, 0.6) is 0 Å². The van der Waals surface area contributed by atoms with Gasteiger partial charge in [-0.3, -0.25) is 9.10 Å². The molecule has 5 nitrogen and oxygen atoms in total. The molecule has 0 saturated heterocycles. The monoisotopic (exact) mass is 422 g/mol. The predicted molar refractivity (Wildman–Crippen MR) is 121 cm³/mol. The molecular formula is C24H26N2O3S. The molecule has 0 unspecified atom stereocenters. The fraction of sp³-hybridized carbons (Fsp3) is 0.208. The summed E-state index contributed by atoms with van der Waals surface area (Å²) in [6.07, 6.45) is 1.18. The first-order valence-corrected chi connectivity index (χ1v) is 11.6. The van der Waals surface area contributed by atoms with Crippen molar-refractivity contribution in [3.63, 3.8) is 0 Å². The Bertz CT molecular complexity index is 1090. The summed E-state index contributed by atoms with van der Waals surface area (Å²) in [4.78, 5) is 12.6. The zero-order valence-corrected chi connectivity index (χ0v) is 18.2. The molecule has 0 aromatic heterocycles. The van der Waals surface area contributed by atoms with Gasteiger partial charge in [0, 0.05) is 5.56 Å². The number of hydrogen-bond donors (Lipinski definition) is 1. The number of rotatable bonds is 7. The smallest absolute Gasteiger partial charge is 0.251 e. The van der Waals surface area contributed by atoms with Crippen LogP contribution in [-0.2, 0) is 16.6 Å². The lowest BCUT2D eigenvalue weighted by atomic mass is 10.1. The molecule has 1 atom stereocenters. The Kier molecular flexibility index (Phi) is 6.57. The van der Waals surface area contributed by atoms with E-state index in [1.54, 1.807) is 24.3 Å². The number of hydrogen-bond acceptors (Lipinski definition) is 3. The molecule has 6 heteroatoms. The van der Waals surface area contributed by atoms with E-state index in [0.29, 0.717) is 11.3 Å². The quantitative estimate of drug-likeness (QED) is 0.612. The largest absolute Gasteiger partial charge is 0.346 e. The van der Waals surface area contributed by atoms with Crippen molar-refractivity contribution in [3.05, 3.63) is 101 Å². The number of amides is 1. The fourth-order valence-corrected chi connectivity index (χ4v) is 4.04. The molecule has 0 spiro atoms. The lowest BCUT2D eigenvalue weighted by Gasteiger charge is -2.23. The van der Waals surface area contributed by atoms with Crippen LogP contribution in [0.15, 0.2) is 78.9 Å². The van der Waals surface area contributed by atoms with Crippen LogP contribution in [0.2, 0.25) is 0 Å². The van der Waals surface area contributed by atoms with Gasteiger partial charge in [-0.25, -0.2) is 8.42 Å². The van der Waals surface area contributed by atoms with Crippen molar-refractivity contribution in [2.75, 3.05) is 10.6 Å². The summed E-state index contributed by atoms with van der Waals surface area (Å²) in [5, 5.41) is 2.98. The number of anilines is 1. The van der Waals surface area contributed by atoms with Crippen molar-refractivity contribution in [3.8, 4) is 0 Å². The summed E-state index contributed by atoms with van der Waals surface area (Å²) in [6.45, 7) is 4.18. The van der Waals surface area contributed by atoms with Crippen LogP contribution in [0.1, 0.15) is 40.0 Å². The van der Waals surface area contributed by atoms with Crippen LogP contribution in [0.3, 0.4) is 0 Å². The summed E-state index contributed by atoms with van der Waals surface area (Å²) in [7, 11) is -3.48. The van der Waals surface area contributed by atoms with Crippen LogP contribution in [0.4, 0.5) is 5.69 Å². The number of sulfonamides is 1. The van der Waals surface area contributed by atoms with Gasteiger partial charge in [0.05, 0.1) is 24.5 Å². The number of carbonyl (C=O) groups excluding carboxylic acids is 1. The first-order chi connectivity index (χ1) is 14.2. The number of aryl methyl sites for hydroxylation is 1. The second kappa shape index (κ2) is 9.13. The minimum Gasteiger partial charge on any atom is -0.346 e. The van der Waals surface area contributed by atoms with Crippen molar-refractivity contribution in [2.24, 2.45) is 0 Å². The number of benzene rings is 3. The van der Waals surface area contributed by atoms with Crippen molar-refractivity contribution in [1.82, 2.24) is 5.32 Å². The Morgan fingerprint density at radius 1 is 0.933 bits per heavy atom. The third-order valence-electron chi connectivity index (χ3n) is 4.91. The molecule has 0 heterocycles. The summed E-state index contributed by atoms with van der Waals surface area (Å²) < 4.78 is 26.0. The number of nitrogens with zero attached hydrogens (tertiary/aromatic N) is 1. The molecule has 3 rings (SSSR count). The lowest BCUT2D eigenvalue weighted by Crippen LogP contribution is -2.29. The molecule has 0 radical (unpaired) electrons. The van der Waals surface area contributed by atoms with E-state index in [1.165, 1.54) is 16.1 Å². The summed E-state index contributed by atoms with van der Waals surface area (Å²) in [5.74, 6) is -0.205. The molecule has 3 aromatic carbocycles. The van der Waals surface area contributed by atoms with Crippen molar-refractivity contribution in [2.45, 2.75) is 26.4 Å². The molecule has 30 heavy (non-hydrogen) atoms. The summed E-state index contributed by atoms with van der Waals surface area (Å²) in [5.41, 5.74) is 4.07. The van der Waals surface area contributed by atoms with Gasteiger partial charge in [0.1, 0.15) is 0 Å². The van der Waals surface area contributed by atoms with Crippen molar-refractivity contribution < 1.29 is 13.2 Å². The molecule has 0 saturated carbocycles. The van der Waals surface area contributed by atoms with Crippen LogP contribution >= 0.6 is 0 Å². The Hall–Kier alpha value is -3.12. The van der Waals surface area contributed by atoms with Gasteiger partial charge in [-0.2, -0.15) is 0 Å². The summed E-state index contributed by atoms with van der Waals surface area (Å²) in [6, 6.07) is 23.9. The maximum atomic E-state index is 12.6. The maximum absolute atomic E-state index is 12.6. The van der Waals surface area contributed by atoms with Gasteiger partial charge in [-0.05, 0) is 49.2 Å². The Labute approximate surface area is 178 Å². The Morgan fingerprint density at radius 2 is 1.53 bits per heavy atom. The first kappa shape index (κ1) is 21.6. The average Bonchev–Trinajstić information content (AvgIpc) is 2.72. The highest BCUT2D eigenvalue weighted by Gasteiger charge is 2.19. The van der Waals surface area contributed by atoms with E-state index in [1.807, 2.05) is 68.4 Å². The standard InChI is InChI=1S/C24H26N2O3S/c1-18-9-11-21(12-10-18)19(2)25-24(27)22-13-15-23(16-14-22)26(30(3,28)29)17-20-7-5-4-6-8-20/h4-16,19H,17H2,1-3H3,(H,25,27)/t19-/m0/s1. The fourth-order valence-electron chi connectivity index (χ4n) is 3.15. The van der Waals surface area contributed by atoms with Crippen molar-refractivity contribution >= 4 is 21.6 Å². The average molecular weight is 423 g/mol. The molecule has 0 aliphatic heterocycles. The van der Waals surface area contributed by atoms with Gasteiger partial charge < -0.3 is 5.32 Å². The molecule has 0 aliphatic rings. The van der Waals surface area contributed by atoms with E-state index in [0.717, 1.165) is 11.1 Å². The third kappa shape index (κ3) is 5.48. The van der Waals surface area contributed by atoms with Gasteiger partial charge >= 0.3 is 0 Å². The van der Waals surface area contributed by atoms with Gasteiger partial charge in [-0.1, -0.05) is 60.2 Å². The van der Waals surface area contributed by atoms with Gasteiger partial charge in [-0.15, -0.1) is 0 Å². The highest BCUT2D eigenvalue weighted by molar-refractivity contribution is 7.92. The van der Waals surface area contributed by atoms with Crippen LogP contribution in [0.25, 0.3) is 0 Å². The van der Waals surface area contributed by atoms with E-state index >= 15 is 0 Å². The SMILES string of the molecule is Cc1ccc([C@H](C)NC(=O)c2ccc(N(Cc3ccccc3)S(C)(=O)=O)cc2)cc1. The highest BCUT2D eigenvalue weighted by atomic mass is 32.2. The van der Waals surface area contributed by atoms with Crippen LogP contribution in [0, 0.1) is 6.92 Å². The molecule has 1 amide bonds. The third-order valence-corrected chi connectivity index (χ3v) is 6.05. The molecular weight excluding hydrogens is 396 g/mol. The first-order valence-electron chi connectivity index (χ1n) is 9.73. The zero-order valence-electron chi connectivity index (χ0n) is 17.4. The molecule has 0 aliphatic carbocycles. The van der Waals surface area contributed by atoms with Gasteiger partial charge in [0.25, 0.3) is 5.91 Å². The predicted octanol–water partition coefficient (Wildman–Crippen LogP) is 4.45. The molecule has 0 fully saturated rings. The molecule has 0 bridgehead atoms. The highest BCUT2D eigenvalue weighted by Crippen LogP contribution is 2.22. The number of carbonyl (C=O) groups is 1. The van der Waals surface area contributed by atoms with Gasteiger partial charge in [0.15, 0.2) is 0 Å². The lowest BCUT2D eigenvalue weighted by molar-refractivity contribution is 0.0940. The zero-order chi connectivity index (χ0) is 21.7. The van der Waals surface area contributed by atoms with E-state index in [2.05, 4.69) is 5.32 Å². The second-order valence-electron chi connectivity index (χ2n) is 7.41. The Morgan fingerprint density at radius 3 is 2.10 bits per heavy atom. The van der Waals surface area contributed by atoms with E-state index in [9.17, 15) is 13.2 Å². The topological polar surface area (TPSA) is 66.5 Å². The molecule has 3 aromatic rings. The van der Waals surface area contributed by atoms with Crippen LogP contribution in [-0.4, -0.2) is 20.6 Å². The van der Waals surface area contributed by atoms with Crippen LogP contribution < -0.4 is 9.62 Å². The van der Waals surface area contributed by atoms with E-state index in [-0.39, 0.29) is 18.5 Å². The van der Waals surface area contributed by atoms with Crippen molar-refractivity contribution in [1.29, 1.82) is 0 Å². The second-order valence-corrected chi connectivity index (χ2v) is 9.31. The van der Waals surface area contributed by atoms with E-state index in [4.69, 9.17) is 0 Å². The molecule has 1 N–H and O–H groups in total. The maximum Gasteiger partial charge on any atom is 0.251 e. The molecule has 156 valence electrons. The number of nitrogens with one attached hydrogen (secondary N) is 1. The summed E-state index contributed by atoms with van der Waals surface area (Å²) >= 11 is 0.